The molecule has 3 heterocycles. The van der Waals surface area contributed by atoms with Gasteiger partial charge in [0.2, 0.25) is 0 Å². The lowest BCUT2D eigenvalue weighted by atomic mass is 9.89. The van der Waals surface area contributed by atoms with Crippen molar-refractivity contribution in [2.75, 3.05) is 5.32 Å². The minimum Gasteiger partial charge on any atom is -0.305 e. The van der Waals surface area contributed by atoms with E-state index in [0.717, 1.165) is 5.69 Å². The third kappa shape index (κ3) is 2.54. The van der Waals surface area contributed by atoms with E-state index in [4.69, 9.17) is 0 Å². The molecule has 4 rings (SSSR count). The molecule has 0 atom stereocenters. The van der Waals surface area contributed by atoms with Crippen LogP contribution in [0.1, 0.15) is 27.3 Å². The van der Waals surface area contributed by atoms with Crippen molar-refractivity contribution in [2.24, 2.45) is 7.05 Å². The molecule has 0 aliphatic heterocycles. The van der Waals surface area contributed by atoms with Crippen LogP contribution in [0.5, 0.6) is 0 Å². The van der Waals surface area contributed by atoms with E-state index < -0.39 is 18.3 Å². The Kier molecular flexibility index (Phi) is 3.57. The maximum atomic E-state index is 14.6. The van der Waals surface area contributed by atoms with Crippen molar-refractivity contribution in [3.05, 3.63) is 59.0 Å². The number of fused-ring (bicyclic) bond motifs is 3. The summed E-state index contributed by atoms with van der Waals surface area (Å²) in [5.41, 5.74) is 1.32. The average molecular weight is 355 g/mol. The largest absolute Gasteiger partial charge is 0.305 e. The summed E-state index contributed by atoms with van der Waals surface area (Å²) in [5.74, 6) is -3.35. The van der Waals surface area contributed by atoms with Crippen LogP contribution in [-0.2, 0) is 19.4 Å². The zero-order chi connectivity index (χ0) is 18.5. The number of carbonyl (C=O) groups is 1. The van der Waals surface area contributed by atoms with Crippen molar-refractivity contribution in [2.45, 2.75) is 19.3 Å². The van der Waals surface area contributed by atoms with Crippen molar-refractivity contribution in [1.82, 2.24) is 19.7 Å². The first-order valence-corrected chi connectivity index (χ1v) is 8.01. The van der Waals surface area contributed by atoms with Crippen LogP contribution in [0.25, 0.3) is 11.4 Å². The highest BCUT2D eigenvalue weighted by Crippen LogP contribution is 2.44. The molecule has 1 N–H and O–H groups in total. The molecule has 132 valence electrons. The highest BCUT2D eigenvalue weighted by Gasteiger charge is 2.44. The topological polar surface area (TPSA) is 72.7 Å². The maximum absolute atomic E-state index is 14.6. The van der Waals surface area contributed by atoms with Crippen LogP contribution in [0.2, 0.25) is 0 Å². The zero-order valence-electron chi connectivity index (χ0n) is 14.1. The third-order valence-electron chi connectivity index (χ3n) is 4.32. The van der Waals surface area contributed by atoms with Gasteiger partial charge in [0.15, 0.2) is 5.69 Å². The van der Waals surface area contributed by atoms with E-state index in [1.165, 1.54) is 23.0 Å². The Hall–Kier alpha value is -3.16. The Bertz CT molecular complexity index is 1030. The molecule has 0 saturated heterocycles. The summed E-state index contributed by atoms with van der Waals surface area (Å²) < 4.78 is 30.6. The molecule has 1 amide bonds. The molecule has 8 heteroatoms. The van der Waals surface area contributed by atoms with E-state index in [1.54, 1.807) is 32.2 Å². The fourth-order valence-electron chi connectivity index (χ4n) is 3.21. The number of anilines is 1. The number of rotatable bonds is 2. The van der Waals surface area contributed by atoms with Gasteiger partial charge in [0.1, 0.15) is 5.82 Å². The summed E-state index contributed by atoms with van der Waals surface area (Å²) in [7, 11) is 1.61. The molecule has 1 aliphatic carbocycles. The van der Waals surface area contributed by atoms with Crippen LogP contribution >= 0.6 is 0 Å². The number of carbonyl (C=O) groups excluding carboxylic acids is 1. The van der Waals surface area contributed by atoms with Gasteiger partial charge in [-0.3, -0.25) is 14.5 Å². The summed E-state index contributed by atoms with van der Waals surface area (Å²) in [6, 6.07) is 8.01. The number of halogens is 2. The standard InChI is InChI=1S/C18H15F2N5O/c1-10-5-3-7-13(22-10)23-17(26)14-11-9-18(19,20)12-6-4-8-21-15(12)16(11)25(2)24-14/h3-8H,9H2,1-2H3,(H,22,23,26). The first-order chi connectivity index (χ1) is 12.4. The highest BCUT2D eigenvalue weighted by atomic mass is 19.3. The van der Waals surface area contributed by atoms with Gasteiger partial charge >= 0.3 is 0 Å². The molecule has 0 saturated carbocycles. The first-order valence-electron chi connectivity index (χ1n) is 8.01. The van der Waals surface area contributed by atoms with Gasteiger partial charge in [-0.2, -0.15) is 5.10 Å². The monoisotopic (exact) mass is 355 g/mol. The quantitative estimate of drug-likeness (QED) is 0.767. The maximum Gasteiger partial charge on any atom is 0.279 e. The van der Waals surface area contributed by atoms with Crippen LogP contribution in [-0.4, -0.2) is 25.7 Å². The number of alkyl halides is 2. The van der Waals surface area contributed by atoms with E-state index in [0.29, 0.717) is 11.5 Å². The van der Waals surface area contributed by atoms with Gasteiger partial charge in [0, 0.05) is 36.5 Å². The van der Waals surface area contributed by atoms with E-state index in [-0.39, 0.29) is 22.5 Å². The molecular formula is C18H15F2N5O. The summed E-state index contributed by atoms with van der Waals surface area (Å²) >= 11 is 0. The van der Waals surface area contributed by atoms with Gasteiger partial charge in [0.05, 0.1) is 11.4 Å². The molecule has 26 heavy (non-hydrogen) atoms. The number of aromatic nitrogens is 4. The predicted octanol–water partition coefficient (Wildman–Crippen LogP) is 3.09. The number of pyridine rings is 2. The smallest absolute Gasteiger partial charge is 0.279 e. The summed E-state index contributed by atoms with van der Waals surface area (Å²) in [4.78, 5) is 20.9. The minimum atomic E-state index is -3.11. The van der Waals surface area contributed by atoms with E-state index in [9.17, 15) is 13.6 Å². The van der Waals surface area contributed by atoms with Crippen molar-refractivity contribution in [1.29, 1.82) is 0 Å². The van der Waals surface area contributed by atoms with Gasteiger partial charge in [-0.25, -0.2) is 13.8 Å². The number of hydrogen-bond donors (Lipinski definition) is 1. The number of amides is 1. The number of nitrogens with zero attached hydrogens (tertiary/aromatic N) is 4. The van der Waals surface area contributed by atoms with Crippen LogP contribution < -0.4 is 5.32 Å². The molecule has 0 radical (unpaired) electrons. The molecule has 1 aliphatic rings. The fourth-order valence-corrected chi connectivity index (χ4v) is 3.21. The van der Waals surface area contributed by atoms with Gasteiger partial charge in [-0.05, 0) is 31.2 Å². The van der Waals surface area contributed by atoms with Crippen molar-refractivity contribution < 1.29 is 13.6 Å². The normalized spacial score (nSPS) is 14.5. The van der Waals surface area contributed by atoms with Gasteiger partial charge in [-0.15, -0.1) is 0 Å². The lowest BCUT2D eigenvalue weighted by Gasteiger charge is -2.24. The van der Waals surface area contributed by atoms with Crippen molar-refractivity contribution in [3.63, 3.8) is 0 Å². The van der Waals surface area contributed by atoms with E-state index in [1.807, 2.05) is 0 Å². The second-order valence-corrected chi connectivity index (χ2v) is 6.20. The number of hydrogen-bond acceptors (Lipinski definition) is 4. The zero-order valence-corrected chi connectivity index (χ0v) is 14.1. The Labute approximate surface area is 147 Å². The van der Waals surface area contributed by atoms with Crippen LogP contribution in [0.3, 0.4) is 0 Å². The summed E-state index contributed by atoms with van der Waals surface area (Å²) in [5, 5.41) is 6.80. The average Bonchev–Trinajstić information content (AvgIpc) is 2.91. The lowest BCUT2D eigenvalue weighted by molar-refractivity contribution is -0.00533. The third-order valence-corrected chi connectivity index (χ3v) is 4.32. The number of nitrogens with one attached hydrogen (secondary N) is 1. The Balaban J connectivity index is 1.79. The molecule has 0 bridgehead atoms. The van der Waals surface area contributed by atoms with Crippen molar-refractivity contribution >= 4 is 11.7 Å². The Morgan fingerprint density at radius 3 is 2.85 bits per heavy atom. The van der Waals surface area contributed by atoms with E-state index in [2.05, 4.69) is 20.4 Å². The van der Waals surface area contributed by atoms with Gasteiger partial charge in [0.25, 0.3) is 11.8 Å². The fraction of sp³-hybridized carbons (Fsp3) is 0.222. The first kappa shape index (κ1) is 16.3. The Morgan fingerprint density at radius 2 is 2.08 bits per heavy atom. The molecular weight excluding hydrogens is 340 g/mol. The predicted molar refractivity (Wildman–Crippen MR) is 91.0 cm³/mol. The summed E-state index contributed by atoms with van der Waals surface area (Å²) in [6.07, 6.45) is 0.853. The van der Waals surface area contributed by atoms with Crippen LogP contribution in [0.4, 0.5) is 14.6 Å². The summed E-state index contributed by atoms with van der Waals surface area (Å²) in [6.45, 7) is 1.79. The molecule has 6 nitrogen and oxygen atoms in total. The second kappa shape index (κ2) is 5.69. The Morgan fingerprint density at radius 1 is 1.27 bits per heavy atom. The van der Waals surface area contributed by atoms with E-state index >= 15 is 0 Å². The van der Waals surface area contributed by atoms with Crippen LogP contribution in [0.15, 0.2) is 36.5 Å². The van der Waals surface area contributed by atoms with Gasteiger partial charge < -0.3 is 5.32 Å². The molecule has 0 spiro atoms. The molecule has 0 fully saturated rings. The van der Waals surface area contributed by atoms with Crippen LogP contribution in [0, 0.1) is 6.92 Å². The lowest BCUT2D eigenvalue weighted by Crippen LogP contribution is -2.25. The molecule has 3 aromatic heterocycles. The van der Waals surface area contributed by atoms with Gasteiger partial charge in [-0.1, -0.05) is 6.07 Å². The minimum absolute atomic E-state index is 0.0400. The van der Waals surface area contributed by atoms with Crippen molar-refractivity contribution in [3.8, 4) is 11.4 Å². The molecule has 0 unspecified atom stereocenters. The second-order valence-electron chi connectivity index (χ2n) is 6.20. The number of aryl methyl sites for hydroxylation is 2. The molecule has 0 aromatic carbocycles. The highest BCUT2D eigenvalue weighted by molar-refractivity contribution is 6.04. The SMILES string of the molecule is Cc1cccc(NC(=O)c2nn(C)c3c2CC(F)(F)c2cccnc2-3)n1. The molecule has 3 aromatic rings.